The van der Waals surface area contributed by atoms with Gasteiger partial charge < -0.3 is 4.74 Å². The molecule has 0 N–H and O–H groups in total. The van der Waals surface area contributed by atoms with E-state index in [9.17, 15) is 4.79 Å². The topological polar surface area (TPSA) is 26.3 Å². The van der Waals surface area contributed by atoms with Crippen LogP contribution in [0.1, 0.15) is 26.2 Å². The van der Waals surface area contributed by atoms with Crippen LogP contribution in [-0.4, -0.2) is 19.7 Å². The van der Waals surface area contributed by atoms with Crippen LogP contribution in [0.15, 0.2) is 5.57 Å². The highest BCUT2D eigenvalue weighted by Gasteiger charge is 1.95. The molecule has 10 heavy (non-hydrogen) atoms. The van der Waals surface area contributed by atoms with E-state index in [-0.39, 0.29) is 0 Å². The van der Waals surface area contributed by atoms with Gasteiger partial charge >= 0.3 is 0 Å². The highest BCUT2D eigenvalue weighted by atomic mass is 16.5. The molecule has 58 valence electrons. The Morgan fingerprint density at radius 2 is 2.30 bits per heavy atom. The van der Waals surface area contributed by atoms with Crippen molar-refractivity contribution < 1.29 is 9.53 Å². The Balaban J connectivity index is 3.52. The molecular formula is C8H14O2. The van der Waals surface area contributed by atoms with Gasteiger partial charge in [-0.2, -0.15) is 0 Å². The number of hydrogen-bond acceptors (Lipinski definition) is 2. The summed E-state index contributed by atoms with van der Waals surface area (Å²) in [7, 11) is 1.59. The van der Waals surface area contributed by atoms with E-state index in [1.54, 1.807) is 7.11 Å². The summed E-state index contributed by atoms with van der Waals surface area (Å²) in [5.41, 5.74) is 0.740. The van der Waals surface area contributed by atoms with Crippen molar-refractivity contribution in [3.63, 3.8) is 0 Å². The maximum absolute atomic E-state index is 10.2. The lowest BCUT2D eigenvalue weighted by Gasteiger charge is -1.98. The van der Waals surface area contributed by atoms with Crippen molar-refractivity contribution in [2.45, 2.75) is 26.2 Å². The van der Waals surface area contributed by atoms with Crippen molar-refractivity contribution in [2.24, 2.45) is 0 Å². The third kappa shape index (κ3) is 4.30. The molecule has 0 aromatic heterocycles. The molecule has 0 heterocycles. The number of methoxy groups -OCH3 is 1. The fraction of sp³-hybridized carbons (Fsp3) is 0.750. The van der Waals surface area contributed by atoms with Crippen LogP contribution >= 0.6 is 0 Å². The van der Waals surface area contributed by atoms with Gasteiger partial charge in [0.25, 0.3) is 0 Å². The average Bonchev–Trinajstić information content (AvgIpc) is 1.98. The van der Waals surface area contributed by atoms with Gasteiger partial charge in [0.2, 0.25) is 0 Å². The van der Waals surface area contributed by atoms with Crippen LogP contribution in [0, 0.1) is 0 Å². The Kier molecular flexibility index (Phi) is 6.14. The monoisotopic (exact) mass is 142 g/mol. The van der Waals surface area contributed by atoms with Crippen molar-refractivity contribution in [1.29, 1.82) is 0 Å². The summed E-state index contributed by atoms with van der Waals surface area (Å²) in [6.45, 7) is 2.53. The number of rotatable bonds is 5. The highest BCUT2D eigenvalue weighted by molar-refractivity contribution is 5.52. The zero-order valence-corrected chi connectivity index (χ0v) is 6.64. The molecule has 2 heteroatoms. The van der Waals surface area contributed by atoms with Gasteiger partial charge in [0.15, 0.2) is 0 Å². The number of unbranched alkanes of at least 4 members (excludes halogenated alkanes) is 1. The van der Waals surface area contributed by atoms with Crippen LogP contribution in [-0.2, 0) is 9.53 Å². The number of carbonyl (C=O) groups excluding carboxylic acids is 1. The van der Waals surface area contributed by atoms with Crippen LogP contribution in [0.2, 0.25) is 0 Å². The quantitative estimate of drug-likeness (QED) is 0.545. The normalized spacial score (nSPS) is 9.00. The van der Waals surface area contributed by atoms with Gasteiger partial charge in [0, 0.05) is 12.7 Å². The van der Waals surface area contributed by atoms with Gasteiger partial charge in [-0.25, -0.2) is 4.79 Å². The Bertz CT molecular complexity index is 123. The van der Waals surface area contributed by atoms with Gasteiger partial charge in [-0.05, 0) is 12.8 Å². The Morgan fingerprint density at radius 3 is 2.70 bits per heavy atom. The molecule has 0 saturated carbocycles. The molecule has 0 aliphatic heterocycles. The van der Waals surface area contributed by atoms with Gasteiger partial charge in [0.05, 0.1) is 6.61 Å². The van der Waals surface area contributed by atoms with Crippen molar-refractivity contribution >= 4 is 5.94 Å². The predicted octanol–water partition coefficient (Wildman–Crippen LogP) is 1.58. The zero-order chi connectivity index (χ0) is 7.82. The lowest BCUT2D eigenvalue weighted by Crippen LogP contribution is -1.94. The number of hydrogen-bond donors (Lipinski definition) is 0. The maximum Gasteiger partial charge on any atom is 0.125 e. The summed E-state index contributed by atoms with van der Waals surface area (Å²) in [5, 5.41) is 0. The molecule has 0 rings (SSSR count). The first-order valence-electron chi connectivity index (χ1n) is 3.57. The highest BCUT2D eigenvalue weighted by Crippen LogP contribution is 2.03. The third-order valence-electron chi connectivity index (χ3n) is 1.30. The minimum atomic E-state index is 0.434. The van der Waals surface area contributed by atoms with E-state index in [1.165, 1.54) is 0 Å². The summed E-state index contributed by atoms with van der Waals surface area (Å²) in [6.07, 6.45) is 2.98. The number of ether oxygens (including phenoxy) is 1. The molecular weight excluding hydrogens is 128 g/mol. The molecule has 0 radical (unpaired) electrons. The fourth-order valence-corrected chi connectivity index (χ4v) is 0.717. The molecule has 0 amide bonds. The van der Waals surface area contributed by atoms with Crippen molar-refractivity contribution in [3.8, 4) is 0 Å². The lowest BCUT2D eigenvalue weighted by atomic mass is 10.1. The Labute approximate surface area is 61.9 Å². The molecule has 0 atom stereocenters. The maximum atomic E-state index is 10.2. The van der Waals surface area contributed by atoms with E-state index in [2.05, 4.69) is 6.92 Å². The molecule has 0 fully saturated rings. The SMILES string of the molecule is CCCCC(=C=O)COC. The van der Waals surface area contributed by atoms with Gasteiger partial charge in [0.1, 0.15) is 5.94 Å². The molecule has 0 aliphatic rings. The second kappa shape index (κ2) is 6.53. The van der Waals surface area contributed by atoms with Crippen LogP contribution in [0.5, 0.6) is 0 Å². The van der Waals surface area contributed by atoms with Crippen molar-refractivity contribution in [3.05, 3.63) is 5.57 Å². The molecule has 0 aliphatic carbocycles. The van der Waals surface area contributed by atoms with Crippen LogP contribution in [0.3, 0.4) is 0 Å². The summed E-state index contributed by atoms with van der Waals surface area (Å²) >= 11 is 0. The van der Waals surface area contributed by atoms with Gasteiger partial charge in [-0.15, -0.1) is 0 Å². The molecule has 0 saturated heterocycles. The van der Waals surface area contributed by atoms with Crippen LogP contribution in [0.4, 0.5) is 0 Å². The molecule has 2 nitrogen and oxygen atoms in total. The van der Waals surface area contributed by atoms with E-state index in [4.69, 9.17) is 4.74 Å². The minimum absolute atomic E-state index is 0.434. The minimum Gasteiger partial charge on any atom is -0.380 e. The zero-order valence-electron chi connectivity index (χ0n) is 6.64. The Morgan fingerprint density at radius 1 is 1.60 bits per heavy atom. The van der Waals surface area contributed by atoms with E-state index in [0.717, 1.165) is 24.8 Å². The molecule has 0 aromatic carbocycles. The van der Waals surface area contributed by atoms with E-state index in [1.807, 2.05) is 5.94 Å². The summed E-state index contributed by atoms with van der Waals surface area (Å²) < 4.78 is 4.79. The first-order chi connectivity index (χ1) is 4.85. The lowest BCUT2D eigenvalue weighted by molar-refractivity contribution is 0.223. The predicted molar refractivity (Wildman–Crippen MR) is 40.6 cm³/mol. The molecule has 0 bridgehead atoms. The van der Waals surface area contributed by atoms with Crippen LogP contribution < -0.4 is 0 Å². The molecule has 0 aromatic rings. The first kappa shape index (κ1) is 9.41. The van der Waals surface area contributed by atoms with Gasteiger partial charge in [-0.3, -0.25) is 0 Å². The van der Waals surface area contributed by atoms with E-state index >= 15 is 0 Å². The smallest absolute Gasteiger partial charge is 0.125 e. The summed E-state index contributed by atoms with van der Waals surface area (Å²) in [6, 6.07) is 0. The van der Waals surface area contributed by atoms with E-state index in [0.29, 0.717) is 6.61 Å². The van der Waals surface area contributed by atoms with Gasteiger partial charge in [-0.1, -0.05) is 13.3 Å². The second-order valence-electron chi connectivity index (χ2n) is 2.24. The standard InChI is InChI=1S/C8H14O2/c1-3-4-5-8(6-9)7-10-2/h3-5,7H2,1-2H3. The largest absolute Gasteiger partial charge is 0.380 e. The fourth-order valence-electron chi connectivity index (χ4n) is 0.717. The van der Waals surface area contributed by atoms with Crippen molar-refractivity contribution in [1.82, 2.24) is 0 Å². The summed E-state index contributed by atoms with van der Waals surface area (Å²) in [5.74, 6) is 1.88. The van der Waals surface area contributed by atoms with E-state index < -0.39 is 0 Å². The van der Waals surface area contributed by atoms with Crippen LogP contribution in [0.25, 0.3) is 0 Å². The summed E-state index contributed by atoms with van der Waals surface area (Å²) in [4.78, 5) is 10.2. The third-order valence-corrected chi connectivity index (χ3v) is 1.30. The van der Waals surface area contributed by atoms with Crippen molar-refractivity contribution in [2.75, 3.05) is 13.7 Å². The average molecular weight is 142 g/mol. The molecule has 0 spiro atoms. The first-order valence-corrected chi connectivity index (χ1v) is 3.57. The second-order valence-corrected chi connectivity index (χ2v) is 2.24. The molecule has 0 unspecified atom stereocenters. The Hall–Kier alpha value is -0.590.